The molecule has 1 saturated heterocycles. The summed E-state index contributed by atoms with van der Waals surface area (Å²) < 4.78 is 0. The third-order valence-electron chi connectivity index (χ3n) is 3.85. The van der Waals surface area contributed by atoms with Gasteiger partial charge in [0.2, 0.25) is 17.7 Å². The van der Waals surface area contributed by atoms with Gasteiger partial charge in [-0.2, -0.15) is 0 Å². The van der Waals surface area contributed by atoms with Crippen molar-refractivity contribution in [3.8, 4) is 0 Å². The van der Waals surface area contributed by atoms with Crippen molar-refractivity contribution in [2.75, 3.05) is 47.8 Å². The number of carbonyl (C=O) groups is 3. The van der Waals surface area contributed by atoms with Crippen LogP contribution in [0.1, 0.15) is 19.8 Å². The second kappa shape index (κ2) is 8.12. The van der Waals surface area contributed by atoms with Crippen LogP contribution in [-0.2, 0) is 14.4 Å². The Hall–Kier alpha value is -1.63. The van der Waals surface area contributed by atoms with Gasteiger partial charge in [-0.1, -0.05) is 0 Å². The molecule has 22 heavy (non-hydrogen) atoms. The molecule has 2 unspecified atom stereocenters. The summed E-state index contributed by atoms with van der Waals surface area (Å²) in [4.78, 5) is 40.8. The van der Waals surface area contributed by atoms with Gasteiger partial charge in [0, 0.05) is 34.7 Å². The first-order valence-corrected chi connectivity index (χ1v) is 7.66. The molecule has 0 radical (unpaired) electrons. The standard InChI is InChI=1S/C15H28N4O3/c1-11(14(21)17(2)3)16-13(20)10-19-8-6-7-12(9-19)15(22)18(4)5/h11-12H,6-10H2,1-5H3,(H,16,20). The van der Waals surface area contributed by atoms with Gasteiger partial charge >= 0.3 is 0 Å². The average molecular weight is 312 g/mol. The third-order valence-corrected chi connectivity index (χ3v) is 3.85. The largest absolute Gasteiger partial charge is 0.349 e. The van der Waals surface area contributed by atoms with Crippen molar-refractivity contribution in [3.05, 3.63) is 0 Å². The zero-order valence-electron chi connectivity index (χ0n) is 14.3. The Morgan fingerprint density at radius 2 is 1.82 bits per heavy atom. The topological polar surface area (TPSA) is 73.0 Å². The highest BCUT2D eigenvalue weighted by molar-refractivity contribution is 5.87. The van der Waals surface area contributed by atoms with E-state index in [1.165, 1.54) is 4.90 Å². The Bertz CT molecular complexity index is 423. The minimum absolute atomic E-state index is 0.0441. The van der Waals surface area contributed by atoms with Crippen LogP contribution in [0.5, 0.6) is 0 Å². The fraction of sp³-hybridized carbons (Fsp3) is 0.800. The molecular weight excluding hydrogens is 284 g/mol. The van der Waals surface area contributed by atoms with E-state index in [0.717, 1.165) is 19.4 Å². The van der Waals surface area contributed by atoms with E-state index in [0.29, 0.717) is 6.54 Å². The zero-order chi connectivity index (χ0) is 16.9. The molecule has 1 aliphatic rings. The Balaban J connectivity index is 2.47. The minimum Gasteiger partial charge on any atom is -0.349 e. The van der Waals surface area contributed by atoms with E-state index >= 15 is 0 Å². The van der Waals surface area contributed by atoms with Gasteiger partial charge in [0.1, 0.15) is 6.04 Å². The number of hydrogen-bond donors (Lipinski definition) is 1. The van der Waals surface area contributed by atoms with Gasteiger partial charge in [0.05, 0.1) is 12.5 Å². The van der Waals surface area contributed by atoms with E-state index in [4.69, 9.17) is 0 Å². The van der Waals surface area contributed by atoms with Gasteiger partial charge in [-0.05, 0) is 26.3 Å². The van der Waals surface area contributed by atoms with E-state index in [-0.39, 0.29) is 30.2 Å². The molecule has 0 spiro atoms. The lowest BCUT2D eigenvalue weighted by molar-refractivity contribution is -0.136. The molecule has 0 aromatic rings. The van der Waals surface area contributed by atoms with Crippen molar-refractivity contribution in [1.82, 2.24) is 20.0 Å². The Kier molecular flexibility index (Phi) is 6.80. The summed E-state index contributed by atoms with van der Waals surface area (Å²) in [6, 6.07) is -0.536. The van der Waals surface area contributed by atoms with Crippen LogP contribution in [0.4, 0.5) is 0 Å². The highest BCUT2D eigenvalue weighted by atomic mass is 16.2. The molecule has 2 atom stereocenters. The fourth-order valence-electron chi connectivity index (χ4n) is 2.71. The molecule has 0 saturated carbocycles. The molecule has 0 aromatic heterocycles. The average Bonchev–Trinajstić information content (AvgIpc) is 2.45. The van der Waals surface area contributed by atoms with Crippen molar-refractivity contribution < 1.29 is 14.4 Å². The maximum Gasteiger partial charge on any atom is 0.244 e. The number of likely N-dealkylation sites (tertiary alicyclic amines) is 1. The number of piperidine rings is 1. The van der Waals surface area contributed by atoms with E-state index in [9.17, 15) is 14.4 Å². The Morgan fingerprint density at radius 3 is 2.36 bits per heavy atom. The molecule has 126 valence electrons. The number of nitrogens with zero attached hydrogens (tertiary/aromatic N) is 3. The Labute approximate surface area is 132 Å². The third kappa shape index (κ3) is 5.29. The molecule has 1 aliphatic heterocycles. The summed E-state index contributed by atoms with van der Waals surface area (Å²) in [6.45, 7) is 3.30. The summed E-state index contributed by atoms with van der Waals surface area (Å²) in [5.41, 5.74) is 0. The monoisotopic (exact) mass is 312 g/mol. The van der Waals surface area contributed by atoms with Gasteiger partial charge in [-0.25, -0.2) is 0 Å². The van der Waals surface area contributed by atoms with Gasteiger partial charge in [0.15, 0.2) is 0 Å². The molecule has 1 rings (SSSR count). The van der Waals surface area contributed by atoms with Crippen molar-refractivity contribution in [2.45, 2.75) is 25.8 Å². The van der Waals surface area contributed by atoms with Crippen LogP contribution in [-0.4, -0.2) is 86.3 Å². The van der Waals surface area contributed by atoms with Crippen molar-refractivity contribution in [2.24, 2.45) is 5.92 Å². The molecule has 1 N–H and O–H groups in total. The van der Waals surface area contributed by atoms with Crippen LogP contribution in [0.3, 0.4) is 0 Å². The lowest BCUT2D eigenvalue weighted by atomic mass is 9.97. The second-order valence-corrected chi connectivity index (χ2v) is 6.33. The number of rotatable bonds is 5. The molecule has 7 nitrogen and oxygen atoms in total. The first-order valence-electron chi connectivity index (χ1n) is 7.66. The summed E-state index contributed by atoms with van der Waals surface area (Å²) >= 11 is 0. The van der Waals surface area contributed by atoms with Gasteiger partial charge < -0.3 is 15.1 Å². The second-order valence-electron chi connectivity index (χ2n) is 6.33. The van der Waals surface area contributed by atoms with Gasteiger partial charge in [-0.15, -0.1) is 0 Å². The molecule has 7 heteroatoms. The van der Waals surface area contributed by atoms with Crippen LogP contribution in [0.25, 0.3) is 0 Å². The normalized spacial score (nSPS) is 20.1. The van der Waals surface area contributed by atoms with Crippen LogP contribution in [0.2, 0.25) is 0 Å². The first kappa shape index (κ1) is 18.4. The highest BCUT2D eigenvalue weighted by Crippen LogP contribution is 2.17. The maximum atomic E-state index is 12.0. The van der Waals surface area contributed by atoms with Crippen LogP contribution >= 0.6 is 0 Å². The lowest BCUT2D eigenvalue weighted by Gasteiger charge is -2.33. The van der Waals surface area contributed by atoms with E-state index < -0.39 is 6.04 Å². The molecule has 0 bridgehead atoms. The SMILES string of the molecule is CC(NC(=O)CN1CCCC(C(=O)N(C)C)C1)C(=O)N(C)C. The van der Waals surface area contributed by atoms with E-state index in [1.54, 1.807) is 40.0 Å². The Morgan fingerprint density at radius 1 is 1.18 bits per heavy atom. The number of amides is 3. The van der Waals surface area contributed by atoms with Gasteiger partial charge in [-0.3, -0.25) is 19.3 Å². The fourth-order valence-corrected chi connectivity index (χ4v) is 2.71. The molecular formula is C15H28N4O3. The number of carbonyl (C=O) groups excluding carboxylic acids is 3. The predicted octanol–water partition coefficient (Wildman–Crippen LogP) is -0.620. The minimum atomic E-state index is -0.536. The van der Waals surface area contributed by atoms with Crippen molar-refractivity contribution in [3.63, 3.8) is 0 Å². The zero-order valence-corrected chi connectivity index (χ0v) is 14.3. The number of nitrogens with one attached hydrogen (secondary N) is 1. The quantitative estimate of drug-likeness (QED) is 0.734. The van der Waals surface area contributed by atoms with Gasteiger partial charge in [0.25, 0.3) is 0 Å². The summed E-state index contributed by atoms with van der Waals surface area (Å²) in [6.07, 6.45) is 1.77. The molecule has 3 amide bonds. The highest BCUT2D eigenvalue weighted by Gasteiger charge is 2.28. The number of likely N-dealkylation sites (N-methyl/N-ethyl adjacent to an activating group) is 1. The smallest absolute Gasteiger partial charge is 0.244 e. The van der Waals surface area contributed by atoms with Crippen LogP contribution in [0, 0.1) is 5.92 Å². The predicted molar refractivity (Wildman–Crippen MR) is 84.2 cm³/mol. The first-order chi connectivity index (χ1) is 10.2. The number of hydrogen-bond acceptors (Lipinski definition) is 4. The molecule has 1 heterocycles. The van der Waals surface area contributed by atoms with E-state index in [2.05, 4.69) is 5.32 Å². The summed E-state index contributed by atoms with van der Waals surface area (Å²) in [5, 5.41) is 2.71. The molecule has 1 fully saturated rings. The molecule has 0 aromatic carbocycles. The maximum absolute atomic E-state index is 12.0. The van der Waals surface area contributed by atoms with Crippen molar-refractivity contribution in [1.29, 1.82) is 0 Å². The van der Waals surface area contributed by atoms with Crippen molar-refractivity contribution >= 4 is 17.7 Å². The molecule has 0 aliphatic carbocycles. The van der Waals surface area contributed by atoms with Crippen LogP contribution < -0.4 is 5.32 Å². The summed E-state index contributed by atoms with van der Waals surface area (Å²) in [5.74, 6) is -0.244. The lowest BCUT2D eigenvalue weighted by Crippen LogP contribution is -2.50. The summed E-state index contributed by atoms with van der Waals surface area (Å²) in [7, 11) is 6.82. The van der Waals surface area contributed by atoms with E-state index in [1.807, 2.05) is 4.90 Å². The van der Waals surface area contributed by atoms with Crippen LogP contribution in [0.15, 0.2) is 0 Å².